The molecule has 236 valence electrons. The molecule has 3 rings (SSSR count). The van der Waals surface area contributed by atoms with Crippen molar-refractivity contribution in [1.29, 1.82) is 0 Å². The van der Waals surface area contributed by atoms with Gasteiger partial charge in [0.1, 0.15) is 11.5 Å². The number of hydrogen-bond donors (Lipinski definition) is 3. The van der Waals surface area contributed by atoms with Crippen LogP contribution in [0.15, 0.2) is 41.6 Å². The topological polar surface area (TPSA) is 168 Å². The maximum absolute atomic E-state index is 12.4. The number of alkyl halides is 6. The maximum Gasteiger partial charge on any atom is 0.490 e. The van der Waals surface area contributed by atoms with Crippen molar-refractivity contribution in [2.45, 2.75) is 18.9 Å². The molecule has 0 spiro atoms. The highest BCUT2D eigenvalue weighted by Gasteiger charge is 2.38. The van der Waals surface area contributed by atoms with E-state index in [2.05, 4.69) is 4.98 Å². The number of likely N-dealkylation sites (N-methyl/N-ethyl adjacent to an activating group) is 1. The van der Waals surface area contributed by atoms with Crippen LogP contribution in [0, 0.1) is 0 Å². The minimum absolute atomic E-state index is 0.105. The first kappa shape index (κ1) is 36.2. The molecule has 0 radical (unpaired) electrons. The van der Waals surface area contributed by atoms with Crippen molar-refractivity contribution in [2.24, 2.45) is 7.05 Å². The average Bonchev–Trinajstić information content (AvgIpc) is 2.90. The molecule has 0 amide bonds. The van der Waals surface area contributed by atoms with E-state index >= 15 is 0 Å². The number of aromatic nitrogens is 2. The van der Waals surface area contributed by atoms with Crippen molar-refractivity contribution in [3.8, 4) is 22.6 Å². The van der Waals surface area contributed by atoms with Crippen LogP contribution in [0.3, 0.4) is 0 Å². The minimum Gasteiger partial charge on any atom is -0.496 e. The van der Waals surface area contributed by atoms with Crippen LogP contribution >= 0.6 is 0 Å². The highest BCUT2D eigenvalue weighted by atomic mass is 19.4. The first-order valence-electron chi connectivity index (χ1n) is 11.4. The largest absolute Gasteiger partial charge is 0.496 e. The van der Waals surface area contributed by atoms with Gasteiger partial charge in [-0.15, -0.1) is 0 Å². The molecule has 2 aromatic heterocycles. The van der Waals surface area contributed by atoms with Crippen LogP contribution in [0.1, 0.15) is 5.56 Å². The Morgan fingerprint density at radius 1 is 0.930 bits per heavy atom. The van der Waals surface area contributed by atoms with Crippen molar-refractivity contribution in [3.05, 3.63) is 52.7 Å². The van der Waals surface area contributed by atoms with E-state index in [1.807, 2.05) is 12.1 Å². The number of fused-ring (bicyclic) bond motifs is 1. The third-order valence-electron chi connectivity index (χ3n) is 5.22. The molecule has 2 heterocycles. The Kier molecular flexibility index (Phi) is 12.5. The normalized spacial score (nSPS) is 11.1. The first-order chi connectivity index (χ1) is 19.7. The molecule has 3 N–H and O–H groups in total. The van der Waals surface area contributed by atoms with E-state index in [-0.39, 0.29) is 12.1 Å². The van der Waals surface area contributed by atoms with Gasteiger partial charge in [0.2, 0.25) is 0 Å². The summed E-state index contributed by atoms with van der Waals surface area (Å²) in [5.41, 5.74) is 2.28. The molecule has 0 bridgehead atoms. The lowest BCUT2D eigenvalue weighted by atomic mass is 9.99. The number of carboxylic acids is 3. The maximum atomic E-state index is 12.4. The zero-order valence-electron chi connectivity index (χ0n) is 22.8. The Morgan fingerprint density at radius 2 is 1.40 bits per heavy atom. The fourth-order valence-electron chi connectivity index (χ4n) is 3.39. The second-order valence-electron chi connectivity index (χ2n) is 8.41. The summed E-state index contributed by atoms with van der Waals surface area (Å²) in [4.78, 5) is 47.0. The Balaban J connectivity index is 0.000000548. The van der Waals surface area contributed by atoms with Crippen LogP contribution in [0.2, 0.25) is 0 Å². The number of pyridine rings is 2. The van der Waals surface area contributed by atoms with Gasteiger partial charge in [-0.25, -0.2) is 9.59 Å². The lowest BCUT2D eigenvalue weighted by Gasteiger charge is -2.20. The zero-order chi connectivity index (χ0) is 33.3. The third kappa shape index (κ3) is 10.5. The van der Waals surface area contributed by atoms with E-state index in [1.54, 1.807) is 57.9 Å². The molecule has 0 atom stereocenters. The lowest BCUT2D eigenvalue weighted by molar-refractivity contribution is -0.193. The van der Waals surface area contributed by atoms with Gasteiger partial charge >= 0.3 is 30.3 Å². The van der Waals surface area contributed by atoms with Gasteiger partial charge in [0.25, 0.3) is 5.56 Å². The van der Waals surface area contributed by atoms with Gasteiger partial charge in [-0.05, 0) is 36.2 Å². The van der Waals surface area contributed by atoms with Gasteiger partial charge in [0.15, 0.2) is 0 Å². The first-order valence-corrected chi connectivity index (χ1v) is 11.4. The molecule has 0 aliphatic heterocycles. The molecule has 0 aliphatic carbocycles. The highest BCUT2D eigenvalue weighted by molar-refractivity contribution is 5.95. The Bertz CT molecular complexity index is 1470. The summed E-state index contributed by atoms with van der Waals surface area (Å²) in [5.74, 6) is -5.27. The molecule has 0 unspecified atom stereocenters. The van der Waals surface area contributed by atoms with E-state index in [4.69, 9.17) is 34.4 Å². The van der Waals surface area contributed by atoms with E-state index in [1.165, 1.54) is 4.57 Å². The van der Waals surface area contributed by atoms with Gasteiger partial charge in [-0.3, -0.25) is 19.5 Å². The Morgan fingerprint density at radius 3 is 1.79 bits per heavy atom. The van der Waals surface area contributed by atoms with Crippen molar-refractivity contribution < 1.29 is 65.5 Å². The van der Waals surface area contributed by atoms with Crippen molar-refractivity contribution in [2.75, 3.05) is 27.8 Å². The van der Waals surface area contributed by atoms with Gasteiger partial charge in [-0.1, -0.05) is 0 Å². The number of aryl methyl sites for hydroxylation is 1. The number of carbonyl (C=O) groups is 3. The molecule has 0 saturated heterocycles. The molecule has 0 fully saturated rings. The number of rotatable bonds is 7. The molecular formula is C25H25F6N3O9. The van der Waals surface area contributed by atoms with Crippen molar-refractivity contribution in [1.82, 2.24) is 14.5 Å². The number of benzene rings is 1. The average molecular weight is 625 g/mol. The minimum atomic E-state index is -5.08. The molecule has 18 heteroatoms. The van der Waals surface area contributed by atoms with Crippen LogP contribution in [-0.2, 0) is 28.0 Å². The predicted octanol–water partition coefficient (Wildman–Crippen LogP) is 3.40. The zero-order valence-corrected chi connectivity index (χ0v) is 22.8. The van der Waals surface area contributed by atoms with Crippen LogP contribution in [0.4, 0.5) is 26.3 Å². The number of ether oxygens (including phenoxy) is 2. The summed E-state index contributed by atoms with van der Waals surface area (Å²) in [5, 5.41) is 24.6. The smallest absolute Gasteiger partial charge is 0.490 e. The van der Waals surface area contributed by atoms with Crippen LogP contribution < -0.4 is 15.0 Å². The summed E-state index contributed by atoms with van der Waals surface area (Å²) in [6.45, 7) is 0.239. The SMILES string of the molecule is COc1cc(-c2cn(C)c(=O)c3cnccc23)cc(OC)c1CN(C)CC(=O)O.O=C(O)C(F)(F)F.O=C(O)C(F)(F)F. The fourth-order valence-corrected chi connectivity index (χ4v) is 3.39. The Labute approximate surface area is 238 Å². The number of nitrogens with zero attached hydrogens (tertiary/aromatic N) is 3. The number of hydrogen-bond acceptors (Lipinski definition) is 8. The molecule has 12 nitrogen and oxygen atoms in total. The molecular weight excluding hydrogens is 600 g/mol. The fraction of sp³-hybridized carbons (Fsp3) is 0.320. The predicted molar refractivity (Wildman–Crippen MR) is 137 cm³/mol. The summed E-state index contributed by atoms with van der Waals surface area (Å²) >= 11 is 0. The van der Waals surface area contributed by atoms with Crippen LogP contribution in [0.25, 0.3) is 21.9 Å². The Hall–Kier alpha value is -4.87. The molecule has 43 heavy (non-hydrogen) atoms. The number of aliphatic carboxylic acids is 3. The lowest BCUT2D eigenvalue weighted by Crippen LogP contribution is -2.25. The van der Waals surface area contributed by atoms with E-state index in [9.17, 15) is 35.9 Å². The van der Waals surface area contributed by atoms with E-state index < -0.39 is 30.3 Å². The van der Waals surface area contributed by atoms with Crippen LogP contribution in [-0.4, -0.2) is 87.8 Å². The van der Waals surface area contributed by atoms with Gasteiger partial charge in [0.05, 0.1) is 31.7 Å². The molecule has 1 aromatic carbocycles. The summed E-state index contributed by atoms with van der Waals surface area (Å²) < 4.78 is 76.2. The third-order valence-corrected chi connectivity index (χ3v) is 5.22. The highest BCUT2D eigenvalue weighted by Crippen LogP contribution is 2.37. The molecule has 0 saturated carbocycles. The second-order valence-corrected chi connectivity index (χ2v) is 8.41. The summed E-state index contributed by atoms with van der Waals surface area (Å²) in [6.07, 6.45) is -5.19. The number of carboxylic acid groups (broad SMARTS) is 3. The summed E-state index contributed by atoms with van der Waals surface area (Å²) in [6, 6.07) is 5.54. The second kappa shape index (κ2) is 14.9. The van der Waals surface area contributed by atoms with Gasteiger partial charge < -0.3 is 29.4 Å². The molecule has 0 aliphatic rings. The van der Waals surface area contributed by atoms with Crippen molar-refractivity contribution >= 4 is 28.7 Å². The molecule has 3 aromatic rings. The van der Waals surface area contributed by atoms with E-state index in [0.717, 1.165) is 22.1 Å². The number of halogens is 6. The standard InChI is InChI=1S/C21H23N3O5.2C2HF3O2/c1-23(12-20(25)26)10-17-18(28-3)7-13(8-19(17)29-4)16-11-24(2)21(27)15-9-22-6-5-14(15)16;2*3-2(4,5)1(6)7/h5-9,11H,10,12H2,1-4H3,(H,25,26);2*(H,6,7). The number of methoxy groups -OCH3 is 2. The van der Waals surface area contributed by atoms with Crippen molar-refractivity contribution in [3.63, 3.8) is 0 Å². The van der Waals surface area contributed by atoms with Gasteiger partial charge in [-0.2, -0.15) is 26.3 Å². The monoisotopic (exact) mass is 625 g/mol. The summed E-state index contributed by atoms with van der Waals surface area (Å²) in [7, 11) is 6.53. The van der Waals surface area contributed by atoms with Crippen LogP contribution in [0.5, 0.6) is 11.5 Å². The quantitative estimate of drug-likeness (QED) is 0.329. The van der Waals surface area contributed by atoms with Gasteiger partial charge in [0, 0.05) is 37.7 Å². The van der Waals surface area contributed by atoms with E-state index in [0.29, 0.717) is 23.4 Å².